The van der Waals surface area contributed by atoms with Gasteiger partial charge >= 0.3 is 0 Å². The number of carbonyl (C=O) groups is 1. The summed E-state index contributed by atoms with van der Waals surface area (Å²) in [6.07, 6.45) is 4.27. The van der Waals surface area contributed by atoms with Crippen LogP contribution in [0.4, 0.5) is 0 Å². The second-order valence-electron chi connectivity index (χ2n) is 4.95. The number of nitrogens with one attached hydrogen (secondary N) is 2. The Bertz CT molecular complexity index is 292. The molecular weight excluding hydrogens is 270 g/mol. The summed E-state index contributed by atoms with van der Waals surface area (Å²) in [5.74, 6) is -0.0604. The molecule has 124 valence electrons. The van der Waals surface area contributed by atoms with E-state index in [1.807, 2.05) is 0 Å². The first kappa shape index (κ1) is 19.6. The van der Waals surface area contributed by atoms with E-state index in [9.17, 15) is 4.79 Å². The predicted molar refractivity (Wildman–Crippen MR) is 86.7 cm³/mol. The number of hydrogen-bond donors (Lipinski definition) is 6. The van der Waals surface area contributed by atoms with Gasteiger partial charge in [-0.15, -0.1) is 0 Å². The van der Waals surface area contributed by atoms with Gasteiger partial charge in [-0.05, 0) is 51.7 Å². The van der Waals surface area contributed by atoms with Crippen molar-refractivity contribution in [3.63, 3.8) is 0 Å². The minimum Gasteiger partial charge on any atom is -0.370 e. The maximum absolute atomic E-state index is 11.7. The molecule has 0 radical (unpaired) electrons. The Labute approximate surface area is 127 Å². The number of rotatable bonds is 13. The van der Waals surface area contributed by atoms with E-state index in [1.54, 1.807) is 0 Å². The summed E-state index contributed by atoms with van der Waals surface area (Å²) in [5.41, 5.74) is 21.6. The van der Waals surface area contributed by atoms with E-state index in [2.05, 4.69) is 15.6 Å². The average Bonchev–Trinajstić information content (AvgIpc) is 2.45. The molecule has 0 saturated carbocycles. The molecule has 0 aliphatic heterocycles. The van der Waals surface area contributed by atoms with Gasteiger partial charge in [-0.2, -0.15) is 0 Å². The second kappa shape index (κ2) is 13.6. The molecule has 0 unspecified atom stereocenters. The van der Waals surface area contributed by atoms with Crippen LogP contribution in [-0.4, -0.2) is 50.6 Å². The number of unbranched alkanes of at least 4 members (excludes halogenated alkanes) is 1. The smallest absolute Gasteiger partial charge is 0.236 e. The third kappa shape index (κ3) is 13.4. The SMILES string of the molecule is NCCCCNCCCNC(=O)[C@@H](N)CCCN=C(N)N. The number of aliphatic imine (C=N–C) groups is 1. The molecule has 10 N–H and O–H groups in total. The monoisotopic (exact) mass is 301 g/mol. The zero-order valence-corrected chi connectivity index (χ0v) is 12.8. The number of hydrogen-bond acceptors (Lipinski definition) is 5. The van der Waals surface area contributed by atoms with Gasteiger partial charge in [-0.1, -0.05) is 0 Å². The van der Waals surface area contributed by atoms with Crippen LogP contribution in [-0.2, 0) is 4.79 Å². The van der Waals surface area contributed by atoms with Crippen LogP contribution in [0.15, 0.2) is 4.99 Å². The molecule has 0 aromatic carbocycles. The van der Waals surface area contributed by atoms with Gasteiger partial charge in [-0.25, -0.2) is 0 Å². The van der Waals surface area contributed by atoms with Crippen molar-refractivity contribution >= 4 is 11.9 Å². The fraction of sp³-hybridized carbons (Fsp3) is 0.846. The minimum absolute atomic E-state index is 0.0620. The molecule has 0 aliphatic carbocycles. The molecule has 0 aromatic rings. The fourth-order valence-corrected chi connectivity index (χ4v) is 1.73. The summed E-state index contributed by atoms with van der Waals surface area (Å²) in [4.78, 5) is 15.5. The third-order valence-corrected chi connectivity index (χ3v) is 2.94. The first-order chi connectivity index (χ1) is 10.1. The Morgan fingerprint density at radius 1 is 1.05 bits per heavy atom. The van der Waals surface area contributed by atoms with Crippen LogP contribution in [0.5, 0.6) is 0 Å². The van der Waals surface area contributed by atoms with E-state index in [4.69, 9.17) is 22.9 Å². The molecule has 0 fully saturated rings. The van der Waals surface area contributed by atoms with Gasteiger partial charge in [0.05, 0.1) is 6.04 Å². The van der Waals surface area contributed by atoms with Crippen LogP contribution < -0.4 is 33.6 Å². The van der Waals surface area contributed by atoms with Crippen molar-refractivity contribution in [2.75, 3.05) is 32.7 Å². The highest BCUT2D eigenvalue weighted by atomic mass is 16.2. The summed E-state index contributed by atoms with van der Waals surface area (Å²) >= 11 is 0. The highest BCUT2D eigenvalue weighted by Crippen LogP contribution is 1.95. The molecular formula is C13H31N7O. The molecule has 0 bridgehead atoms. The largest absolute Gasteiger partial charge is 0.370 e. The first-order valence-electron chi connectivity index (χ1n) is 7.57. The number of nitrogens with zero attached hydrogens (tertiary/aromatic N) is 1. The van der Waals surface area contributed by atoms with Crippen LogP contribution in [0.3, 0.4) is 0 Å². The van der Waals surface area contributed by atoms with Crippen molar-refractivity contribution in [1.29, 1.82) is 0 Å². The minimum atomic E-state index is -0.503. The molecule has 21 heavy (non-hydrogen) atoms. The van der Waals surface area contributed by atoms with Gasteiger partial charge in [0.25, 0.3) is 0 Å². The molecule has 0 spiro atoms. The lowest BCUT2D eigenvalue weighted by Gasteiger charge is -2.11. The Morgan fingerprint density at radius 2 is 1.76 bits per heavy atom. The maximum Gasteiger partial charge on any atom is 0.236 e. The van der Waals surface area contributed by atoms with Crippen molar-refractivity contribution in [1.82, 2.24) is 10.6 Å². The van der Waals surface area contributed by atoms with E-state index in [0.29, 0.717) is 25.9 Å². The fourth-order valence-electron chi connectivity index (χ4n) is 1.73. The molecule has 0 aliphatic rings. The molecule has 1 amide bonds. The predicted octanol–water partition coefficient (Wildman–Crippen LogP) is -1.80. The van der Waals surface area contributed by atoms with Crippen LogP contribution in [0.25, 0.3) is 0 Å². The van der Waals surface area contributed by atoms with Crippen LogP contribution in [0.2, 0.25) is 0 Å². The Hall–Kier alpha value is -1.38. The summed E-state index contributed by atoms with van der Waals surface area (Å²) in [6.45, 7) is 3.71. The third-order valence-electron chi connectivity index (χ3n) is 2.94. The molecule has 1 atom stereocenters. The zero-order valence-electron chi connectivity index (χ0n) is 12.8. The van der Waals surface area contributed by atoms with Crippen LogP contribution >= 0.6 is 0 Å². The molecule has 8 nitrogen and oxygen atoms in total. The highest BCUT2D eigenvalue weighted by Gasteiger charge is 2.11. The van der Waals surface area contributed by atoms with Crippen molar-refractivity contribution in [3.8, 4) is 0 Å². The lowest BCUT2D eigenvalue weighted by Crippen LogP contribution is -2.41. The van der Waals surface area contributed by atoms with E-state index >= 15 is 0 Å². The maximum atomic E-state index is 11.7. The van der Waals surface area contributed by atoms with Gasteiger partial charge < -0.3 is 33.6 Å². The van der Waals surface area contributed by atoms with Gasteiger partial charge in [0.1, 0.15) is 0 Å². The Balaban J connectivity index is 3.45. The molecule has 0 saturated heterocycles. The number of nitrogens with two attached hydrogens (primary N) is 4. The van der Waals surface area contributed by atoms with Crippen molar-refractivity contribution in [2.24, 2.45) is 27.9 Å². The summed E-state index contributed by atoms with van der Waals surface area (Å²) in [7, 11) is 0. The van der Waals surface area contributed by atoms with Crippen molar-refractivity contribution < 1.29 is 4.79 Å². The van der Waals surface area contributed by atoms with Crippen molar-refractivity contribution in [3.05, 3.63) is 0 Å². The summed E-state index contributed by atoms with van der Waals surface area (Å²) in [5, 5.41) is 6.12. The summed E-state index contributed by atoms with van der Waals surface area (Å²) < 4.78 is 0. The summed E-state index contributed by atoms with van der Waals surface area (Å²) in [6, 6.07) is -0.503. The first-order valence-corrected chi connectivity index (χ1v) is 7.57. The van der Waals surface area contributed by atoms with Gasteiger partial charge in [0.15, 0.2) is 5.96 Å². The van der Waals surface area contributed by atoms with E-state index in [0.717, 1.165) is 38.9 Å². The Morgan fingerprint density at radius 3 is 2.43 bits per heavy atom. The van der Waals surface area contributed by atoms with Crippen molar-refractivity contribution in [2.45, 2.75) is 38.1 Å². The lowest BCUT2D eigenvalue weighted by molar-refractivity contribution is -0.122. The highest BCUT2D eigenvalue weighted by molar-refractivity contribution is 5.81. The van der Waals surface area contributed by atoms with Gasteiger partial charge in [-0.3, -0.25) is 9.79 Å². The quantitative estimate of drug-likeness (QED) is 0.134. The molecule has 8 heteroatoms. The normalized spacial score (nSPS) is 11.9. The average molecular weight is 301 g/mol. The molecule has 0 rings (SSSR count). The zero-order chi connectivity index (χ0) is 15.9. The second-order valence-corrected chi connectivity index (χ2v) is 4.95. The van der Waals surface area contributed by atoms with E-state index in [1.165, 1.54) is 0 Å². The number of guanidine groups is 1. The Kier molecular flexibility index (Phi) is 12.7. The van der Waals surface area contributed by atoms with Gasteiger partial charge in [0.2, 0.25) is 5.91 Å². The molecule has 0 heterocycles. The number of amides is 1. The number of carbonyl (C=O) groups excluding carboxylic acids is 1. The lowest BCUT2D eigenvalue weighted by atomic mass is 10.1. The van der Waals surface area contributed by atoms with Crippen LogP contribution in [0, 0.1) is 0 Å². The standard InChI is InChI=1S/C13H31N7O/c14-6-1-2-7-18-8-4-10-19-12(21)11(15)5-3-9-20-13(16)17/h11,18H,1-10,14-15H2,(H,19,21)(H4,16,17,20)/t11-/m0/s1. The van der Waals surface area contributed by atoms with E-state index in [-0.39, 0.29) is 11.9 Å². The van der Waals surface area contributed by atoms with Crippen LogP contribution in [0.1, 0.15) is 32.1 Å². The van der Waals surface area contributed by atoms with E-state index < -0.39 is 6.04 Å². The molecule has 0 aromatic heterocycles. The van der Waals surface area contributed by atoms with Gasteiger partial charge in [0, 0.05) is 13.1 Å². The topological polar surface area (TPSA) is 158 Å².